The van der Waals surface area contributed by atoms with Crippen LogP contribution in [0.3, 0.4) is 0 Å². The second kappa shape index (κ2) is 10.1. The van der Waals surface area contributed by atoms with Crippen molar-refractivity contribution in [2.75, 3.05) is 25.1 Å². The van der Waals surface area contributed by atoms with E-state index in [9.17, 15) is 22.3 Å². The van der Waals surface area contributed by atoms with Crippen LogP contribution in [0, 0.1) is 11.6 Å². The maximum Gasteiger partial charge on any atom is 0.328 e. The summed E-state index contributed by atoms with van der Waals surface area (Å²) in [7, 11) is -2.36. The number of methoxy groups -OCH3 is 1. The number of nitrogens with zero attached hydrogens (tertiary/aromatic N) is 3. The fraction of sp³-hybridized carbons (Fsp3) is 0.462. The van der Waals surface area contributed by atoms with E-state index in [4.69, 9.17) is 9.73 Å². The number of hydrogen-bond acceptors (Lipinski definition) is 5. The van der Waals surface area contributed by atoms with Crippen LogP contribution in [0.5, 0.6) is 5.75 Å². The first-order valence-corrected chi connectivity index (χ1v) is 14.0. The van der Waals surface area contributed by atoms with Crippen LogP contribution in [-0.2, 0) is 14.6 Å². The molecule has 2 aromatic carbocycles. The monoisotopic (exact) mass is 532 g/mol. The molecule has 198 valence electrons. The van der Waals surface area contributed by atoms with Crippen LogP contribution < -0.4 is 15.0 Å². The van der Waals surface area contributed by atoms with Crippen LogP contribution in [0.25, 0.3) is 0 Å². The number of halogens is 2. The lowest BCUT2D eigenvalue weighted by atomic mass is 9.85. The summed E-state index contributed by atoms with van der Waals surface area (Å²) in [5.74, 6) is -0.712. The third-order valence-corrected chi connectivity index (χ3v) is 9.41. The summed E-state index contributed by atoms with van der Waals surface area (Å²) >= 11 is 0. The number of benzene rings is 2. The second-order valence-electron chi connectivity index (χ2n) is 9.78. The Labute approximate surface area is 216 Å². The van der Waals surface area contributed by atoms with Gasteiger partial charge in [-0.3, -0.25) is 15.2 Å². The van der Waals surface area contributed by atoms with E-state index < -0.39 is 33.6 Å². The summed E-state index contributed by atoms with van der Waals surface area (Å²) in [6, 6.07) is 8.78. The van der Waals surface area contributed by atoms with E-state index in [1.807, 2.05) is 0 Å². The van der Waals surface area contributed by atoms with Crippen molar-refractivity contribution in [3.05, 3.63) is 54.1 Å². The van der Waals surface area contributed by atoms with Gasteiger partial charge in [0.05, 0.1) is 18.8 Å². The molecule has 1 saturated carbocycles. The predicted octanol–water partition coefficient (Wildman–Crippen LogP) is 4.67. The molecule has 2 saturated heterocycles. The largest absolute Gasteiger partial charge is 0.593 e. The lowest BCUT2D eigenvalue weighted by Gasteiger charge is -2.43. The summed E-state index contributed by atoms with van der Waals surface area (Å²) in [4.78, 5) is 19.6. The molecule has 0 aromatic heterocycles. The van der Waals surface area contributed by atoms with Gasteiger partial charge < -0.3 is 9.29 Å². The van der Waals surface area contributed by atoms with Gasteiger partial charge in [-0.1, -0.05) is 29.5 Å². The van der Waals surface area contributed by atoms with E-state index >= 15 is 0 Å². The lowest BCUT2D eigenvalue weighted by molar-refractivity contribution is 0.240. The number of amides is 2. The van der Waals surface area contributed by atoms with E-state index in [1.165, 1.54) is 28.4 Å². The molecule has 1 atom stereocenters. The average molecular weight is 533 g/mol. The molecule has 2 aliphatic heterocycles. The quantitative estimate of drug-likeness (QED) is 0.566. The fourth-order valence-electron chi connectivity index (χ4n) is 5.62. The number of sulfonamides is 1. The Morgan fingerprint density at radius 3 is 2.41 bits per heavy atom. The van der Waals surface area contributed by atoms with Gasteiger partial charge in [0.1, 0.15) is 28.8 Å². The van der Waals surface area contributed by atoms with Gasteiger partial charge in [-0.15, -0.1) is 4.31 Å². The van der Waals surface area contributed by atoms with Gasteiger partial charge in [-0.25, -0.2) is 13.6 Å². The first kappa shape index (κ1) is 25.7. The third-order valence-electron chi connectivity index (χ3n) is 7.52. The molecular formula is C26H30F2N4O4S. The highest BCUT2D eigenvalue weighted by Crippen LogP contribution is 2.41. The molecule has 1 unspecified atom stereocenters. The minimum absolute atomic E-state index is 0.0451. The fourth-order valence-corrected chi connectivity index (χ4v) is 7.10. The van der Waals surface area contributed by atoms with E-state index in [1.54, 1.807) is 12.1 Å². The van der Waals surface area contributed by atoms with Crippen molar-refractivity contribution in [2.24, 2.45) is 4.99 Å². The van der Waals surface area contributed by atoms with Crippen LogP contribution in [-0.4, -0.2) is 52.5 Å². The zero-order chi connectivity index (χ0) is 26.2. The van der Waals surface area contributed by atoms with Gasteiger partial charge >= 0.3 is 6.03 Å². The molecular weight excluding hydrogens is 502 g/mol. The van der Waals surface area contributed by atoms with E-state index in [0.29, 0.717) is 11.6 Å². The van der Waals surface area contributed by atoms with Gasteiger partial charge in [0.2, 0.25) is 0 Å². The Morgan fingerprint density at radius 2 is 1.76 bits per heavy atom. The van der Waals surface area contributed by atoms with Crippen LogP contribution in [0.1, 0.15) is 44.9 Å². The minimum Gasteiger partial charge on any atom is -0.593 e. The van der Waals surface area contributed by atoms with Crippen molar-refractivity contribution in [1.82, 2.24) is 9.62 Å². The number of carbonyl (C=O) groups excluding carboxylic acids is 1. The first-order valence-electron chi connectivity index (χ1n) is 12.5. The van der Waals surface area contributed by atoms with E-state index in [-0.39, 0.29) is 42.6 Å². The molecule has 1 aliphatic carbocycles. The van der Waals surface area contributed by atoms with E-state index in [0.717, 1.165) is 50.3 Å². The summed E-state index contributed by atoms with van der Waals surface area (Å²) in [6.07, 6.45) is 5.49. The summed E-state index contributed by atoms with van der Waals surface area (Å²) in [5, 5.41) is 2.86. The smallest absolute Gasteiger partial charge is 0.328 e. The van der Waals surface area contributed by atoms with Crippen LogP contribution in [0.2, 0.25) is 0 Å². The zero-order valence-electron chi connectivity index (χ0n) is 20.6. The zero-order valence-corrected chi connectivity index (χ0v) is 21.4. The number of amidine groups is 1. The number of anilines is 1. The molecule has 1 N–H and O–H groups in total. The molecule has 2 amide bonds. The highest BCUT2D eigenvalue weighted by atomic mass is 32.3. The lowest BCUT2D eigenvalue weighted by Crippen LogP contribution is -2.58. The number of nitrogens with one attached hydrogen (secondary N) is 1. The third kappa shape index (κ3) is 4.87. The summed E-state index contributed by atoms with van der Waals surface area (Å²) < 4.78 is 61.7. The number of carbonyl (C=O) groups is 1. The molecule has 3 fully saturated rings. The SMILES string of the molecule is COc1cccc([S+](=O)([O-])N2CCC3(CC2)C(=NC2CCCCC2)NC(=O)N3c2cc(F)cc(F)c2)c1. The highest BCUT2D eigenvalue weighted by Gasteiger charge is 2.55. The molecule has 0 radical (unpaired) electrons. The number of hydrogen-bond donors (Lipinski definition) is 1. The molecule has 0 bridgehead atoms. The number of aliphatic imine (C=N–C) groups is 1. The number of piperidine rings is 1. The standard InChI is InChI=1S/C26H30F2N4O4S/c1-36-22-8-5-9-23(17-22)37(34,35)31-12-10-26(11-13-31)24(29-20-6-3-2-4-7-20)30-25(33)32(26)21-15-18(27)14-19(28)16-21/h5,8-9,14-17,20H,2-4,6-7,10-13H2,1H3,(H-,29,30,33,34,35). The maximum absolute atomic E-state index is 14.2. The van der Waals surface area contributed by atoms with Gasteiger partial charge in [-0.05, 0) is 49.9 Å². The van der Waals surface area contributed by atoms with Crippen LogP contribution in [0.15, 0.2) is 52.4 Å². The van der Waals surface area contributed by atoms with Gasteiger partial charge in [0.25, 0.3) is 0 Å². The summed E-state index contributed by atoms with van der Waals surface area (Å²) in [6.45, 7) is 0.207. The van der Waals surface area contributed by atoms with Crippen molar-refractivity contribution in [2.45, 2.75) is 61.4 Å². The minimum atomic E-state index is -3.82. The van der Waals surface area contributed by atoms with Gasteiger partial charge in [0.15, 0.2) is 15.3 Å². The molecule has 3 aliphatic rings. The summed E-state index contributed by atoms with van der Waals surface area (Å²) in [5.41, 5.74) is -0.956. The molecule has 37 heavy (non-hydrogen) atoms. The van der Waals surface area contributed by atoms with E-state index in [2.05, 4.69) is 5.32 Å². The Bertz CT molecular complexity index is 1240. The molecule has 5 rings (SSSR count). The average Bonchev–Trinajstić information content (AvgIpc) is 3.14. The van der Waals surface area contributed by atoms with Crippen molar-refractivity contribution < 1.29 is 27.1 Å². The van der Waals surface area contributed by atoms with Crippen LogP contribution >= 0.6 is 0 Å². The second-order valence-corrected chi connectivity index (χ2v) is 11.7. The Kier molecular flexibility index (Phi) is 7.03. The van der Waals surface area contributed by atoms with Gasteiger partial charge in [0, 0.05) is 25.2 Å². The van der Waals surface area contributed by atoms with Crippen molar-refractivity contribution in [3.8, 4) is 5.75 Å². The van der Waals surface area contributed by atoms with Crippen molar-refractivity contribution in [1.29, 1.82) is 0 Å². The number of ether oxygens (including phenoxy) is 1. The number of rotatable bonds is 5. The van der Waals surface area contributed by atoms with Crippen molar-refractivity contribution >= 4 is 28.0 Å². The van der Waals surface area contributed by atoms with Crippen molar-refractivity contribution in [3.63, 3.8) is 0 Å². The Balaban J connectivity index is 1.49. The topological polar surface area (TPSA) is 97.3 Å². The molecule has 8 nitrogen and oxygen atoms in total. The molecule has 11 heteroatoms. The first-order chi connectivity index (χ1) is 17.7. The number of urea groups is 1. The molecule has 2 aromatic rings. The van der Waals surface area contributed by atoms with Crippen LogP contribution in [0.4, 0.5) is 19.3 Å². The molecule has 1 spiro atoms. The molecule has 2 heterocycles. The van der Waals surface area contributed by atoms with Gasteiger partial charge in [-0.2, -0.15) is 0 Å². The predicted molar refractivity (Wildman–Crippen MR) is 135 cm³/mol. The Hall–Kier alpha value is -2.89. The maximum atomic E-state index is 14.2. The normalized spacial score (nSPS) is 23.3. The highest BCUT2D eigenvalue weighted by molar-refractivity contribution is 7.95. The Morgan fingerprint density at radius 1 is 1.08 bits per heavy atom.